The number of rotatable bonds is 4. The predicted molar refractivity (Wildman–Crippen MR) is 91.7 cm³/mol. The molecule has 0 aliphatic carbocycles. The number of ether oxygens (including phenoxy) is 1. The zero-order chi connectivity index (χ0) is 16.2. The first kappa shape index (κ1) is 16.3. The van der Waals surface area contributed by atoms with Crippen LogP contribution in [0.5, 0.6) is 5.75 Å². The molecule has 1 aromatic carbocycles. The van der Waals surface area contributed by atoms with E-state index in [1.165, 1.54) is 24.8 Å². The van der Waals surface area contributed by atoms with E-state index in [1.54, 1.807) is 0 Å². The molecule has 4 nitrogen and oxygen atoms in total. The molecule has 0 saturated carbocycles. The van der Waals surface area contributed by atoms with Crippen LogP contribution < -0.4 is 4.74 Å². The van der Waals surface area contributed by atoms with Crippen molar-refractivity contribution in [2.24, 2.45) is 0 Å². The Morgan fingerprint density at radius 1 is 1.22 bits per heavy atom. The van der Waals surface area contributed by atoms with Crippen molar-refractivity contribution in [3.8, 4) is 5.75 Å². The van der Waals surface area contributed by atoms with Gasteiger partial charge in [-0.25, -0.2) is 0 Å². The molecule has 1 atom stereocenters. The lowest BCUT2D eigenvalue weighted by molar-refractivity contribution is -0.145. The molecule has 2 aliphatic heterocycles. The zero-order valence-corrected chi connectivity index (χ0v) is 14.3. The van der Waals surface area contributed by atoms with Crippen LogP contribution in [0, 0.1) is 0 Å². The average molecular weight is 316 g/mol. The SMILES string of the molecule is CCc1ccccc1OC1CN(C(=O)[C@H]2CCCCCN2C)C1. The van der Waals surface area contributed by atoms with Gasteiger partial charge in [-0.2, -0.15) is 0 Å². The molecule has 1 aromatic rings. The van der Waals surface area contributed by atoms with Gasteiger partial charge in [0.25, 0.3) is 0 Å². The summed E-state index contributed by atoms with van der Waals surface area (Å²) in [6, 6.07) is 8.27. The maximum Gasteiger partial charge on any atom is 0.240 e. The van der Waals surface area contributed by atoms with Crippen molar-refractivity contribution in [3.05, 3.63) is 29.8 Å². The zero-order valence-electron chi connectivity index (χ0n) is 14.3. The molecule has 0 spiro atoms. The normalized spacial score (nSPS) is 23.2. The number of likely N-dealkylation sites (N-methyl/N-ethyl adjacent to an activating group) is 1. The third-order valence-electron chi connectivity index (χ3n) is 5.11. The third-order valence-corrected chi connectivity index (χ3v) is 5.11. The van der Waals surface area contributed by atoms with Crippen LogP contribution in [0.2, 0.25) is 0 Å². The molecule has 1 amide bonds. The van der Waals surface area contributed by atoms with Gasteiger partial charge in [0.1, 0.15) is 11.9 Å². The smallest absolute Gasteiger partial charge is 0.240 e. The van der Waals surface area contributed by atoms with Gasteiger partial charge in [-0.1, -0.05) is 38.0 Å². The molecule has 23 heavy (non-hydrogen) atoms. The summed E-state index contributed by atoms with van der Waals surface area (Å²) in [6.45, 7) is 4.62. The monoisotopic (exact) mass is 316 g/mol. The summed E-state index contributed by atoms with van der Waals surface area (Å²) in [5.41, 5.74) is 1.24. The van der Waals surface area contributed by atoms with Crippen molar-refractivity contribution >= 4 is 5.91 Å². The van der Waals surface area contributed by atoms with E-state index in [-0.39, 0.29) is 18.1 Å². The Bertz CT molecular complexity index is 540. The van der Waals surface area contributed by atoms with Crippen LogP contribution in [0.15, 0.2) is 24.3 Å². The predicted octanol–water partition coefficient (Wildman–Crippen LogP) is 2.71. The van der Waals surface area contributed by atoms with Gasteiger partial charge < -0.3 is 9.64 Å². The lowest BCUT2D eigenvalue weighted by Crippen LogP contribution is -2.60. The van der Waals surface area contributed by atoms with Crippen LogP contribution in [-0.2, 0) is 11.2 Å². The number of carbonyl (C=O) groups is 1. The number of amides is 1. The van der Waals surface area contributed by atoms with Crippen molar-refractivity contribution in [1.29, 1.82) is 0 Å². The van der Waals surface area contributed by atoms with Gasteiger partial charge in [-0.15, -0.1) is 0 Å². The van der Waals surface area contributed by atoms with Crippen molar-refractivity contribution in [1.82, 2.24) is 9.80 Å². The summed E-state index contributed by atoms with van der Waals surface area (Å²) in [5.74, 6) is 1.26. The van der Waals surface area contributed by atoms with Crippen molar-refractivity contribution in [3.63, 3.8) is 0 Å². The minimum absolute atomic E-state index is 0.0707. The summed E-state index contributed by atoms with van der Waals surface area (Å²) >= 11 is 0. The molecular formula is C19H28N2O2. The van der Waals surface area contributed by atoms with Crippen LogP contribution in [0.4, 0.5) is 0 Å². The molecule has 2 aliphatic rings. The van der Waals surface area contributed by atoms with Gasteiger partial charge >= 0.3 is 0 Å². The van der Waals surface area contributed by atoms with E-state index in [4.69, 9.17) is 4.74 Å². The molecule has 2 heterocycles. The van der Waals surface area contributed by atoms with Crippen LogP contribution in [-0.4, -0.2) is 54.5 Å². The largest absolute Gasteiger partial charge is 0.486 e. The highest BCUT2D eigenvalue weighted by atomic mass is 16.5. The number of likely N-dealkylation sites (tertiary alicyclic amines) is 2. The van der Waals surface area contributed by atoms with E-state index in [2.05, 4.69) is 24.9 Å². The first-order chi connectivity index (χ1) is 11.2. The molecular weight excluding hydrogens is 288 g/mol. The number of carbonyl (C=O) groups excluding carboxylic acids is 1. The molecule has 2 saturated heterocycles. The fourth-order valence-corrected chi connectivity index (χ4v) is 3.56. The number of para-hydroxylation sites is 1. The van der Waals surface area contributed by atoms with E-state index in [9.17, 15) is 4.79 Å². The number of nitrogens with zero attached hydrogens (tertiary/aromatic N) is 2. The second-order valence-corrected chi connectivity index (χ2v) is 6.79. The maximum absolute atomic E-state index is 12.7. The first-order valence-electron chi connectivity index (χ1n) is 8.92. The molecule has 2 fully saturated rings. The molecule has 0 bridgehead atoms. The summed E-state index contributed by atoms with van der Waals surface area (Å²) in [5, 5.41) is 0. The molecule has 3 rings (SSSR count). The average Bonchev–Trinajstić information content (AvgIpc) is 2.74. The van der Waals surface area contributed by atoms with E-state index >= 15 is 0 Å². The van der Waals surface area contributed by atoms with Crippen LogP contribution >= 0.6 is 0 Å². The topological polar surface area (TPSA) is 32.8 Å². The molecule has 0 radical (unpaired) electrons. The van der Waals surface area contributed by atoms with Gasteiger partial charge in [0.15, 0.2) is 0 Å². The summed E-state index contributed by atoms with van der Waals surface area (Å²) < 4.78 is 6.08. The lowest BCUT2D eigenvalue weighted by Gasteiger charge is -2.42. The number of benzene rings is 1. The van der Waals surface area contributed by atoms with E-state index in [0.717, 1.165) is 38.2 Å². The molecule has 0 unspecified atom stereocenters. The highest BCUT2D eigenvalue weighted by Crippen LogP contribution is 2.25. The fraction of sp³-hybridized carbons (Fsp3) is 0.632. The Labute approximate surface area is 139 Å². The van der Waals surface area contributed by atoms with E-state index < -0.39 is 0 Å². The maximum atomic E-state index is 12.7. The van der Waals surface area contributed by atoms with Gasteiger partial charge in [0.2, 0.25) is 5.91 Å². The van der Waals surface area contributed by atoms with Crippen molar-refractivity contribution in [2.75, 3.05) is 26.7 Å². The van der Waals surface area contributed by atoms with Crippen LogP contribution in [0.1, 0.15) is 38.2 Å². The summed E-state index contributed by atoms with van der Waals surface area (Å²) in [4.78, 5) is 16.9. The second kappa shape index (κ2) is 7.35. The Balaban J connectivity index is 1.53. The third kappa shape index (κ3) is 3.69. The minimum Gasteiger partial charge on any atom is -0.486 e. The first-order valence-corrected chi connectivity index (χ1v) is 8.92. The number of hydrogen-bond donors (Lipinski definition) is 0. The standard InChI is InChI=1S/C19H28N2O2/c1-3-15-9-6-7-11-18(15)23-16-13-21(14-16)19(22)17-10-5-4-8-12-20(17)2/h6-7,9,11,16-17H,3-5,8,10,12-14H2,1-2H3/t17-/m1/s1. The summed E-state index contributed by atoms with van der Waals surface area (Å²) in [7, 11) is 2.08. The summed E-state index contributed by atoms with van der Waals surface area (Å²) in [6.07, 6.45) is 5.73. The molecule has 126 valence electrons. The van der Waals surface area contributed by atoms with Gasteiger partial charge in [0, 0.05) is 0 Å². The van der Waals surface area contributed by atoms with Crippen molar-refractivity contribution < 1.29 is 9.53 Å². The van der Waals surface area contributed by atoms with Crippen molar-refractivity contribution in [2.45, 2.75) is 51.2 Å². The Morgan fingerprint density at radius 3 is 2.78 bits per heavy atom. The Morgan fingerprint density at radius 2 is 2.00 bits per heavy atom. The van der Waals surface area contributed by atoms with Crippen LogP contribution in [0.25, 0.3) is 0 Å². The second-order valence-electron chi connectivity index (χ2n) is 6.79. The highest BCUT2D eigenvalue weighted by molar-refractivity contribution is 5.82. The minimum atomic E-state index is 0.0707. The molecule has 4 heteroatoms. The van der Waals surface area contributed by atoms with Gasteiger partial charge in [-0.05, 0) is 44.5 Å². The van der Waals surface area contributed by atoms with Gasteiger partial charge in [-0.3, -0.25) is 9.69 Å². The van der Waals surface area contributed by atoms with Gasteiger partial charge in [0.05, 0.1) is 19.1 Å². The Hall–Kier alpha value is -1.55. The highest BCUT2D eigenvalue weighted by Gasteiger charge is 2.37. The number of aryl methyl sites for hydroxylation is 1. The molecule has 0 N–H and O–H groups in total. The van der Waals surface area contributed by atoms with Crippen LogP contribution in [0.3, 0.4) is 0 Å². The van der Waals surface area contributed by atoms with E-state index in [0.29, 0.717) is 0 Å². The lowest BCUT2D eigenvalue weighted by atomic mass is 10.0. The Kier molecular flexibility index (Phi) is 5.21. The van der Waals surface area contributed by atoms with E-state index in [1.807, 2.05) is 23.1 Å². The molecule has 0 aromatic heterocycles. The quantitative estimate of drug-likeness (QED) is 0.856. The number of hydrogen-bond acceptors (Lipinski definition) is 3. The fourth-order valence-electron chi connectivity index (χ4n) is 3.56.